The molecule has 5 nitrogen and oxygen atoms in total. The lowest BCUT2D eigenvalue weighted by molar-refractivity contribution is -0.914. The summed E-state index contributed by atoms with van der Waals surface area (Å²) in [5.41, 5.74) is 3.90. The molecular weight excluding hydrogens is 346 g/mol. The van der Waals surface area contributed by atoms with Gasteiger partial charge in [0, 0.05) is 18.4 Å². The summed E-state index contributed by atoms with van der Waals surface area (Å²) in [4.78, 5) is 4.24. The maximum absolute atomic E-state index is 12.5. The number of benzene rings is 2. The van der Waals surface area contributed by atoms with E-state index >= 15 is 0 Å². The summed E-state index contributed by atoms with van der Waals surface area (Å²) in [5, 5.41) is 4.21. The molecule has 0 spiro atoms. The summed E-state index contributed by atoms with van der Waals surface area (Å²) in [6.07, 6.45) is 1.63. The van der Waals surface area contributed by atoms with Gasteiger partial charge in [-0.25, -0.2) is 4.83 Å². The van der Waals surface area contributed by atoms with Gasteiger partial charge < -0.3 is 4.90 Å². The first-order chi connectivity index (χ1) is 12.4. The third kappa shape index (κ3) is 4.71. The van der Waals surface area contributed by atoms with Crippen LogP contribution in [-0.4, -0.2) is 27.2 Å². The Bertz CT molecular complexity index is 883. The van der Waals surface area contributed by atoms with Crippen LogP contribution in [0, 0.1) is 13.8 Å². The van der Waals surface area contributed by atoms with Crippen LogP contribution >= 0.6 is 0 Å². The zero-order chi connectivity index (χ0) is 18.6. The molecule has 138 valence electrons. The predicted octanol–water partition coefficient (Wildman–Crippen LogP) is 1.82. The van der Waals surface area contributed by atoms with Gasteiger partial charge in [-0.05, 0) is 31.0 Å². The van der Waals surface area contributed by atoms with E-state index in [1.807, 2.05) is 25.1 Å². The van der Waals surface area contributed by atoms with Crippen LogP contribution in [0.2, 0.25) is 0 Å². The van der Waals surface area contributed by atoms with Crippen LogP contribution in [0.4, 0.5) is 0 Å². The van der Waals surface area contributed by atoms with E-state index in [2.05, 4.69) is 34.2 Å². The van der Waals surface area contributed by atoms with Crippen molar-refractivity contribution in [1.29, 1.82) is 0 Å². The summed E-state index contributed by atoms with van der Waals surface area (Å²) in [5.74, 6) is 0. The molecule has 1 saturated heterocycles. The molecule has 26 heavy (non-hydrogen) atoms. The highest BCUT2D eigenvalue weighted by molar-refractivity contribution is 7.89. The number of hydrazone groups is 1. The molecule has 1 aliphatic rings. The topological polar surface area (TPSA) is 63.0 Å². The van der Waals surface area contributed by atoms with E-state index < -0.39 is 10.0 Å². The van der Waals surface area contributed by atoms with Crippen molar-refractivity contribution in [1.82, 2.24) is 4.83 Å². The number of sulfonamides is 1. The van der Waals surface area contributed by atoms with E-state index in [0.717, 1.165) is 49.3 Å². The van der Waals surface area contributed by atoms with Gasteiger partial charge in [0.15, 0.2) is 0 Å². The van der Waals surface area contributed by atoms with E-state index in [4.69, 9.17) is 0 Å². The second kappa shape index (κ2) is 8.01. The molecule has 0 bridgehead atoms. The molecule has 1 heterocycles. The number of rotatable bonds is 5. The van der Waals surface area contributed by atoms with Gasteiger partial charge in [-0.1, -0.05) is 42.5 Å². The van der Waals surface area contributed by atoms with E-state index in [1.165, 1.54) is 10.5 Å². The Labute approximate surface area is 155 Å². The van der Waals surface area contributed by atoms with Gasteiger partial charge in [-0.15, -0.1) is 0 Å². The molecule has 1 aliphatic heterocycles. The van der Waals surface area contributed by atoms with Crippen molar-refractivity contribution in [2.75, 3.05) is 13.1 Å². The maximum Gasteiger partial charge on any atom is 0.276 e. The second-order valence-electron chi connectivity index (χ2n) is 6.95. The van der Waals surface area contributed by atoms with Crippen LogP contribution in [0.1, 0.15) is 29.5 Å². The molecule has 2 aromatic rings. The first-order valence-electron chi connectivity index (χ1n) is 8.96. The lowest BCUT2D eigenvalue weighted by Gasteiger charge is -2.24. The van der Waals surface area contributed by atoms with E-state index in [0.29, 0.717) is 4.90 Å². The van der Waals surface area contributed by atoms with Gasteiger partial charge in [0.1, 0.15) is 6.54 Å². The Morgan fingerprint density at radius 3 is 2.42 bits per heavy atom. The molecule has 0 unspecified atom stereocenters. The van der Waals surface area contributed by atoms with Crippen LogP contribution in [0.5, 0.6) is 0 Å². The Hall–Kier alpha value is -2.18. The molecule has 6 heteroatoms. The standard InChI is InChI=1S/C20H25N3O2S/c1-16-8-9-17(2)20(14-16)26(24,25)22-21-19-10-12-23(13-11-19)15-18-6-4-3-5-7-18/h3-9,14,22H,10-13,15H2,1-2H3/p+1. The zero-order valence-electron chi connectivity index (χ0n) is 15.3. The fraction of sp³-hybridized carbons (Fsp3) is 0.350. The Morgan fingerprint density at radius 1 is 1.04 bits per heavy atom. The number of quaternary nitrogens is 1. The molecule has 0 saturated carbocycles. The van der Waals surface area contributed by atoms with Gasteiger partial charge >= 0.3 is 0 Å². The van der Waals surface area contributed by atoms with Crippen LogP contribution in [0.25, 0.3) is 0 Å². The van der Waals surface area contributed by atoms with Crippen LogP contribution in [0.15, 0.2) is 58.5 Å². The molecule has 0 atom stereocenters. The Morgan fingerprint density at radius 2 is 1.73 bits per heavy atom. The van der Waals surface area contributed by atoms with E-state index in [1.54, 1.807) is 13.0 Å². The Kier molecular flexibility index (Phi) is 5.74. The van der Waals surface area contributed by atoms with Gasteiger partial charge in [0.05, 0.1) is 23.7 Å². The first-order valence-corrected chi connectivity index (χ1v) is 10.4. The van der Waals surface area contributed by atoms with E-state index in [-0.39, 0.29) is 0 Å². The van der Waals surface area contributed by atoms with Gasteiger partial charge in [-0.3, -0.25) is 0 Å². The number of aryl methyl sites for hydroxylation is 2. The number of likely N-dealkylation sites (tertiary alicyclic amines) is 1. The minimum atomic E-state index is -3.62. The van der Waals surface area contributed by atoms with Gasteiger partial charge in [-0.2, -0.15) is 13.5 Å². The molecule has 0 radical (unpaired) electrons. The summed E-state index contributed by atoms with van der Waals surface area (Å²) in [7, 11) is -3.62. The Balaban J connectivity index is 1.59. The van der Waals surface area contributed by atoms with Gasteiger partial charge in [0.25, 0.3) is 10.0 Å². The molecule has 3 rings (SSSR count). The monoisotopic (exact) mass is 372 g/mol. The molecule has 2 N–H and O–H groups in total. The lowest BCUT2D eigenvalue weighted by atomic mass is 10.1. The third-order valence-electron chi connectivity index (χ3n) is 4.79. The predicted molar refractivity (Wildman–Crippen MR) is 104 cm³/mol. The van der Waals surface area contributed by atoms with Crippen molar-refractivity contribution in [3.63, 3.8) is 0 Å². The SMILES string of the molecule is Cc1ccc(C)c(S(=O)(=O)NN=C2CC[NH+](Cc3ccccc3)CC2)c1. The number of hydrogen-bond donors (Lipinski definition) is 2. The quantitative estimate of drug-likeness (QED) is 0.787. The summed E-state index contributed by atoms with van der Waals surface area (Å²) in [6, 6.07) is 15.9. The molecular formula is C20H26N3O2S+. The average Bonchev–Trinajstić information content (AvgIpc) is 2.64. The van der Waals surface area contributed by atoms with Crippen molar-refractivity contribution in [2.24, 2.45) is 5.10 Å². The number of hydrogen-bond acceptors (Lipinski definition) is 3. The first kappa shape index (κ1) is 18.6. The van der Waals surface area contributed by atoms with Crippen molar-refractivity contribution in [2.45, 2.75) is 38.1 Å². The van der Waals surface area contributed by atoms with Crippen molar-refractivity contribution >= 4 is 15.7 Å². The van der Waals surface area contributed by atoms with Crippen LogP contribution < -0.4 is 9.73 Å². The molecule has 1 fully saturated rings. The summed E-state index contributed by atoms with van der Waals surface area (Å²) >= 11 is 0. The smallest absolute Gasteiger partial charge is 0.276 e. The highest BCUT2D eigenvalue weighted by atomic mass is 32.2. The highest BCUT2D eigenvalue weighted by Crippen LogP contribution is 2.16. The van der Waals surface area contributed by atoms with Crippen molar-refractivity contribution in [3.05, 3.63) is 65.2 Å². The second-order valence-corrected chi connectivity index (χ2v) is 8.58. The largest absolute Gasteiger partial charge is 0.331 e. The van der Waals surface area contributed by atoms with Gasteiger partial charge in [0.2, 0.25) is 0 Å². The summed E-state index contributed by atoms with van der Waals surface area (Å²) in [6.45, 7) is 6.63. The van der Waals surface area contributed by atoms with Crippen LogP contribution in [0.3, 0.4) is 0 Å². The minimum absolute atomic E-state index is 0.300. The van der Waals surface area contributed by atoms with Crippen molar-refractivity contribution in [3.8, 4) is 0 Å². The van der Waals surface area contributed by atoms with Crippen molar-refractivity contribution < 1.29 is 13.3 Å². The number of piperidine rings is 1. The minimum Gasteiger partial charge on any atom is -0.331 e. The molecule has 2 aromatic carbocycles. The molecule has 0 aromatic heterocycles. The fourth-order valence-corrected chi connectivity index (χ4v) is 4.42. The normalized spacial score (nSPS) is 17.8. The lowest BCUT2D eigenvalue weighted by Crippen LogP contribution is -3.11. The third-order valence-corrected chi connectivity index (χ3v) is 6.14. The fourth-order valence-electron chi connectivity index (χ4n) is 3.24. The summed E-state index contributed by atoms with van der Waals surface area (Å²) < 4.78 is 25.1. The highest BCUT2D eigenvalue weighted by Gasteiger charge is 2.20. The van der Waals surface area contributed by atoms with E-state index in [9.17, 15) is 8.42 Å². The molecule has 0 aliphatic carbocycles. The number of nitrogens with one attached hydrogen (secondary N) is 2. The number of nitrogens with zero attached hydrogens (tertiary/aromatic N) is 1. The molecule has 0 amide bonds. The van der Waals surface area contributed by atoms with Crippen LogP contribution in [-0.2, 0) is 16.6 Å². The average molecular weight is 373 g/mol. The zero-order valence-corrected chi connectivity index (χ0v) is 16.1. The maximum atomic E-state index is 12.5.